The standard InChI is InChI=1S/C23H32ClN5/c1-2-25-23(26-13-12-20-10-11-22(24)27-16-20)28-17-19-6-8-21(9-7-19)18-29-14-4-3-5-15-29/h6-11,16H,2-5,12-15,17-18H2,1H3,(H2,25,26,28). The van der Waals surface area contributed by atoms with Gasteiger partial charge in [-0.2, -0.15) is 0 Å². The molecule has 2 N–H and O–H groups in total. The monoisotopic (exact) mass is 413 g/mol. The third kappa shape index (κ3) is 7.67. The van der Waals surface area contributed by atoms with Gasteiger partial charge in [-0.3, -0.25) is 4.90 Å². The van der Waals surface area contributed by atoms with Gasteiger partial charge in [-0.1, -0.05) is 48.4 Å². The van der Waals surface area contributed by atoms with Crippen molar-refractivity contribution in [3.05, 3.63) is 64.4 Å². The van der Waals surface area contributed by atoms with Crippen LogP contribution in [-0.4, -0.2) is 42.0 Å². The van der Waals surface area contributed by atoms with E-state index >= 15 is 0 Å². The predicted molar refractivity (Wildman–Crippen MR) is 121 cm³/mol. The predicted octanol–water partition coefficient (Wildman–Crippen LogP) is 4.02. The van der Waals surface area contributed by atoms with Crippen molar-refractivity contribution in [3.63, 3.8) is 0 Å². The zero-order chi connectivity index (χ0) is 20.3. The Labute approximate surface area is 179 Å². The number of hydrogen-bond donors (Lipinski definition) is 2. The molecule has 0 saturated carbocycles. The van der Waals surface area contributed by atoms with Gasteiger partial charge in [0.15, 0.2) is 5.96 Å². The van der Waals surface area contributed by atoms with Crippen LogP contribution in [0, 0.1) is 0 Å². The SMILES string of the molecule is CCNC(=NCc1ccc(CN2CCCCC2)cc1)NCCc1ccc(Cl)nc1. The Kier molecular flexibility index (Phi) is 8.78. The highest BCUT2D eigenvalue weighted by Gasteiger charge is 2.10. The molecule has 2 heterocycles. The number of nitrogens with one attached hydrogen (secondary N) is 2. The summed E-state index contributed by atoms with van der Waals surface area (Å²) in [5, 5.41) is 7.23. The fraction of sp³-hybridized carbons (Fsp3) is 0.478. The van der Waals surface area contributed by atoms with E-state index in [9.17, 15) is 0 Å². The number of rotatable bonds is 8. The summed E-state index contributed by atoms with van der Waals surface area (Å²) in [6, 6.07) is 12.7. The van der Waals surface area contributed by atoms with Crippen molar-refractivity contribution < 1.29 is 0 Å². The van der Waals surface area contributed by atoms with Crippen molar-refractivity contribution in [1.82, 2.24) is 20.5 Å². The van der Waals surface area contributed by atoms with Crippen molar-refractivity contribution in [1.29, 1.82) is 0 Å². The van der Waals surface area contributed by atoms with Gasteiger partial charge in [0.1, 0.15) is 5.15 Å². The topological polar surface area (TPSA) is 52.6 Å². The minimum absolute atomic E-state index is 0.526. The van der Waals surface area contributed by atoms with Gasteiger partial charge in [-0.25, -0.2) is 9.98 Å². The second-order valence-electron chi connectivity index (χ2n) is 7.51. The Morgan fingerprint density at radius 1 is 1.00 bits per heavy atom. The number of likely N-dealkylation sites (tertiary alicyclic amines) is 1. The summed E-state index contributed by atoms with van der Waals surface area (Å²) in [5.41, 5.74) is 3.77. The van der Waals surface area contributed by atoms with Crippen LogP contribution in [0.4, 0.5) is 0 Å². The summed E-state index contributed by atoms with van der Waals surface area (Å²) in [6.45, 7) is 7.91. The second-order valence-corrected chi connectivity index (χ2v) is 7.90. The zero-order valence-electron chi connectivity index (χ0n) is 17.3. The van der Waals surface area contributed by atoms with Crippen molar-refractivity contribution in [2.75, 3.05) is 26.2 Å². The van der Waals surface area contributed by atoms with Crippen LogP contribution in [0.1, 0.15) is 42.9 Å². The molecular formula is C23H32ClN5. The Hall–Kier alpha value is -2.11. The first-order chi connectivity index (χ1) is 14.2. The molecular weight excluding hydrogens is 382 g/mol. The fourth-order valence-corrected chi connectivity index (χ4v) is 3.63. The van der Waals surface area contributed by atoms with Crippen LogP contribution < -0.4 is 10.6 Å². The van der Waals surface area contributed by atoms with E-state index in [2.05, 4.69) is 51.7 Å². The van der Waals surface area contributed by atoms with Crippen LogP contribution in [0.25, 0.3) is 0 Å². The number of guanidine groups is 1. The molecule has 0 bridgehead atoms. The minimum Gasteiger partial charge on any atom is -0.357 e. The lowest BCUT2D eigenvalue weighted by molar-refractivity contribution is 0.221. The molecule has 1 aliphatic rings. The Balaban J connectivity index is 1.47. The second kappa shape index (κ2) is 11.8. The van der Waals surface area contributed by atoms with E-state index < -0.39 is 0 Å². The highest BCUT2D eigenvalue weighted by molar-refractivity contribution is 6.29. The number of benzene rings is 1. The van der Waals surface area contributed by atoms with Crippen molar-refractivity contribution in [2.24, 2.45) is 4.99 Å². The number of aromatic nitrogens is 1. The van der Waals surface area contributed by atoms with E-state index in [4.69, 9.17) is 16.6 Å². The van der Waals surface area contributed by atoms with Gasteiger partial charge in [0.25, 0.3) is 0 Å². The lowest BCUT2D eigenvalue weighted by Crippen LogP contribution is -2.38. The largest absolute Gasteiger partial charge is 0.357 e. The summed E-state index contributed by atoms with van der Waals surface area (Å²) in [6.07, 6.45) is 6.74. The van der Waals surface area contributed by atoms with Crippen LogP contribution >= 0.6 is 11.6 Å². The van der Waals surface area contributed by atoms with E-state index in [0.29, 0.717) is 11.7 Å². The lowest BCUT2D eigenvalue weighted by atomic mass is 10.1. The highest BCUT2D eigenvalue weighted by atomic mass is 35.5. The summed E-state index contributed by atoms with van der Waals surface area (Å²) in [5.74, 6) is 0.840. The van der Waals surface area contributed by atoms with E-state index in [1.807, 2.05) is 18.3 Å². The summed E-state index contributed by atoms with van der Waals surface area (Å²) in [7, 11) is 0. The van der Waals surface area contributed by atoms with Gasteiger partial charge in [0.2, 0.25) is 0 Å². The number of nitrogens with zero attached hydrogens (tertiary/aromatic N) is 3. The average Bonchev–Trinajstić information content (AvgIpc) is 2.75. The number of pyridine rings is 1. The Morgan fingerprint density at radius 2 is 1.72 bits per heavy atom. The Morgan fingerprint density at radius 3 is 2.41 bits per heavy atom. The van der Waals surface area contributed by atoms with Crippen LogP contribution in [-0.2, 0) is 19.5 Å². The molecule has 3 rings (SSSR count). The molecule has 0 aliphatic carbocycles. The number of halogens is 1. The maximum absolute atomic E-state index is 5.84. The molecule has 1 saturated heterocycles. The first-order valence-corrected chi connectivity index (χ1v) is 11.0. The molecule has 2 aromatic rings. The summed E-state index contributed by atoms with van der Waals surface area (Å²) in [4.78, 5) is 11.4. The van der Waals surface area contributed by atoms with Gasteiger partial charge >= 0.3 is 0 Å². The minimum atomic E-state index is 0.526. The molecule has 0 unspecified atom stereocenters. The maximum atomic E-state index is 5.84. The third-order valence-corrected chi connectivity index (χ3v) is 5.36. The summed E-state index contributed by atoms with van der Waals surface area (Å²) < 4.78 is 0. The Bertz CT molecular complexity index is 752. The van der Waals surface area contributed by atoms with E-state index in [-0.39, 0.29) is 0 Å². The van der Waals surface area contributed by atoms with Crippen LogP contribution in [0.3, 0.4) is 0 Å². The summed E-state index contributed by atoms with van der Waals surface area (Å²) >= 11 is 5.84. The maximum Gasteiger partial charge on any atom is 0.191 e. The van der Waals surface area contributed by atoms with Crippen LogP contribution in [0.5, 0.6) is 0 Å². The molecule has 5 nitrogen and oxygen atoms in total. The molecule has 0 amide bonds. The van der Waals surface area contributed by atoms with Crippen LogP contribution in [0.15, 0.2) is 47.6 Å². The van der Waals surface area contributed by atoms with Gasteiger partial charge in [0, 0.05) is 25.8 Å². The molecule has 1 aliphatic heterocycles. The van der Waals surface area contributed by atoms with Gasteiger partial charge in [-0.15, -0.1) is 0 Å². The molecule has 0 radical (unpaired) electrons. The van der Waals surface area contributed by atoms with Crippen LogP contribution in [0.2, 0.25) is 5.15 Å². The van der Waals surface area contributed by atoms with Gasteiger partial charge in [-0.05, 0) is 62.0 Å². The number of piperidine rings is 1. The molecule has 1 fully saturated rings. The van der Waals surface area contributed by atoms with Crippen molar-refractivity contribution in [3.8, 4) is 0 Å². The lowest BCUT2D eigenvalue weighted by Gasteiger charge is -2.26. The molecule has 29 heavy (non-hydrogen) atoms. The number of hydrogen-bond acceptors (Lipinski definition) is 3. The molecule has 6 heteroatoms. The molecule has 0 atom stereocenters. The van der Waals surface area contributed by atoms with Gasteiger partial charge in [0.05, 0.1) is 6.54 Å². The van der Waals surface area contributed by atoms with Gasteiger partial charge < -0.3 is 10.6 Å². The van der Waals surface area contributed by atoms with Crippen molar-refractivity contribution in [2.45, 2.75) is 45.7 Å². The highest BCUT2D eigenvalue weighted by Crippen LogP contribution is 2.14. The quantitative estimate of drug-likeness (QED) is 0.390. The normalized spacial score (nSPS) is 15.3. The molecule has 0 spiro atoms. The van der Waals surface area contributed by atoms with E-state index in [1.165, 1.54) is 43.5 Å². The number of aliphatic imine (C=N–C) groups is 1. The smallest absolute Gasteiger partial charge is 0.191 e. The first-order valence-electron chi connectivity index (χ1n) is 10.7. The fourth-order valence-electron chi connectivity index (χ4n) is 3.52. The molecule has 1 aromatic carbocycles. The molecule has 156 valence electrons. The van der Waals surface area contributed by atoms with Crippen molar-refractivity contribution >= 4 is 17.6 Å². The average molecular weight is 414 g/mol. The van der Waals surface area contributed by atoms with E-state index in [0.717, 1.165) is 37.6 Å². The van der Waals surface area contributed by atoms with E-state index in [1.54, 1.807) is 0 Å². The first kappa shape index (κ1) is 21.6. The molecule has 1 aromatic heterocycles. The zero-order valence-corrected chi connectivity index (χ0v) is 18.1. The third-order valence-electron chi connectivity index (χ3n) is 5.14.